The number of benzene rings is 1. The van der Waals surface area contributed by atoms with Crippen LogP contribution in [0.25, 0.3) is 0 Å². The molecule has 1 aliphatic heterocycles. The van der Waals surface area contributed by atoms with Crippen molar-refractivity contribution in [2.45, 2.75) is 26.7 Å². The van der Waals surface area contributed by atoms with Gasteiger partial charge in [0.25, 0.3) is 0 Å². The van der Waals surface area contributed by atoms with Gasteiger partial charge in [0.05, 0.1) is 7.11 Å². The van der Waals surface area contributed by atoms with Gasteiger partial charge in [-0.1, -0.05) is 19.1 Å². The lowest BCUT2D eigenvalue weighted by atomic mass is 9.97. The van der Waals surface area contributed by atoms with Crippen LogP contribution in [-0.4, -0.2) is 31.6 Å². The first-order valence-electron chi connectivity index (χ1n) is 6.58. The maximum Gasteiger partial charge on any atom is 0.122 e. The molecule has 0 saturated carbocycles. The number of hydrogen-bond acceptors (Lipinski definition) is 2. The first-order chi connectivity index (χ1) is 8.22. The van der Waals surface area contributed by atoms with Gasteiger partial charge in [0.1, 0.15) is 5.75 Å². The van der Waals surface area contributed by atoms with Crippen LogP contribution in [0.1, 0.15) is 24.5 Å². The van der Waals surface area contributed by atoms with Crippen molar-refractivity contribution >= 4 is 0 Å². The summed E-state index contributed by atoms with van der Waals surface area (Å²) in [5.74, 6) is 1.84. The summed E-state index contributed by atoms with van der Waals surface area (Å²) in [6, 6.07) is 6.61. The molecule has 0 amide bonds. The quantitative estimate of drug-likeness (QED) is 0.793. The molecule has 1 unspecified atom stereocenters. The smallest absolute Gasteiger partial charge is 0.122 e. The molecule has 0 N–H and O–H groups in total. The SMILES string of the molecule is CCN1CCC(Cc2ccc(C)c(OC)c2)C1. The molecule has 0 aromatic heterocycles. The fourth-order valence-corrected chi connectivity index (χ4v) is 2.69. The summed E-state index contributed by atoms with van der Waals surface area (Å²) in [5, 5.41) is 0. The Balaban J connectivity index is 1.99. The number of ether oxygens (including phenoxy) is 1. The lowest BCUT2D eigenvalue weighted by Crippen LogP contribution is -2.20. The van der Waals surface area contributed by atoms with Gasteiger partial charge in [0.15, 0.2) is 0 Å². The van der Waals surface area contributed by atoms with E-state index in [4.69, 9.17) is 4.74 Å². The van der Waals surface area contributed by atoms with E-state index in [0.717, 1.165) is 11.7 Å². The van der Waals surface area contributed by atoms with Gasteiger partial charge in [-0.15, -0.1) is 0 Å². The summed E-state index contributed by atoms with van der Waals surface area (Å²) >= 11 is 0. The average molecular weight is 233 g/mol. The lowest BCUT2D eigenvalue weighted by molar-refractivity contribution is 0.341. The second-order valence-corrected chi connectivity index (χ2v) is 5.06. The van der Waals surface area contributed by atoms with Gasteiger partial charge in [0.2, 0.25) is 0 Å². The van der Waals surface area contributed by atoms with E-state index in [1.54, 1.807) is 7.11 Å². The molecular formula is C15H23NO. The number of hydrogen-bond donors (Lipinski definition) is 0. The van der Waals surface area contributed by atoms with Crippen molar-refractivity contribution in [2.75, 3.05) is 26.7 Å². The van der Waals surface area contributed by atoms with E-state index in [1.807, 2.05) is 0 Å². The third-order valence-corrected chi connectivity index (χ3v) is 3.81. The lowest BCUT2D eigenvalue weighted by Gasteiger charge is -2.14. The highest BCUT2D eigenvalue weighted by atomic mass is 16.5. The first kappa shape index (κ1) is 12.4. The summed E-state index contributed by atoms with van der Waals surface area (Å²) in [4.78, 5) is 2.54. The fraction of sp³-hybridized carbons (Fsp3) is 0.600. The largest absolute Gasteiger partial charge is 0.496 e. The zero-order chi connectivity index (χ0) is 12.3. The van der Waals surface area contributed by atoms with Crippen LogP contribution in [0.4, 0.5) is 0 Å². The predicted octanol–water partition coefficient (Wildman–Crippen LogP) is 2.89. The monoisotopic (exact) mass is 233 g/mol. The molecule has 2 rings (SSSR count). The Morgan fingerprint density at radius 2 is 2.24 bits per heavy atom. The van der Waals surface area contributed by atoms with Gasteiger partial charge in [-0.2, -0.15) is 0 Å². The number of rotatable bonds is 4. The van der Waals surface area contributed by atoms with Gasteiger partial charge in [-0.25, -0.2) is 0 Å². The number of likely N-dealkylation sites (tertiary alicyclic amines) is 1. The molecule has 0 bridgehead atoms. The van der Waals surface area contributed by atoms with Crippen molar-refractivity contribution in [3.63, 3.8) is 0 Å². The van der Waals surface area contributed by atoms with Crippen LogP contribution in [0.2, 0.25) is 0 Å². The van der Waals surface area contributed by atoms with Gasteiger partial charge in [0, 0.05) is 6.54 Å². The van der Waals surface area contributed by atoms with E-state index >= 15 is 0 Å². The Morgan fingerprint density at radius 3 is 2.88 bits per heavy atom. The second kappa shape index (κ2) is 5.54. The highest BCUT2D eigenvalue weighted by molar-refractivity contribution is 5.36. The molecule has 2 nitrogen and oxygen atoms in total. The van der Waals surface area contributed by atoms with E-state index < -0.39 is 0 Å². The van der Waals surface area contributed by atoms with E-state index in [1.165, 1.54) is 43.6 Å². The van der Waals surface area contributed by atoms with Crippen LogP contribution < -0.4 is 4.74 Å². The summed E-state index contributed by atoms with van der Waals surface area (Å²) in [7, 11) is 1.75. The fourth-order valence-electron chi connectivity index (χ4n) is 2.69. The standard InChI is InChI=1S/C15H23NO/c1-4-16-8-7-14(11-16)9-13-6-5-12(2)15(10-13)17-3/h5-6,10,14H,4,7-9,11H2,1-3H3. The zero-order valence-electron chi connectivity index (χ0n) is 11.2. The Hall–Kier alpha value is -1.02. The van der Waals surface area contributed by atoms with Crippen molar-refractivity contribution in [1.82, 2.24) is 4.90 Å². The molecule has 0 spiro atoms. The third-order valence-electron chi connectivity index (χ3n) is 3.81. The molecule has 0 radical (unpaired) electrons. The highest BCUT2D eigenvalue weighted by Gasteiger charge is 2.21. The molecule has 1 aliphatic rings. The number of aryl methyl sites for hydroxylation is 1. The molecule has 1 aromatic rings. The third kappa shape index (κ3) is 3.01. The van der Waals surface area contributed by atoms with Gasteiger partial charge >= 0.3 is 0 Å². The molecule has 1 fully saturated rings. The van der Waals surface area contributed by atoms with E-state index in [-0.39, 0.29) is 0 Å². The maximum atomic E-state index is 5.38. The average Bonchev–Trinajstić information content (AvgIpc) is 2.79. The van der Waals surface area contributed by atoms with Crippen LogP contribution in [0.15, 0.2) is 18.2 Å². The van der Waals surface area contributed by atoms with Crippen molar-refractivity contribution in [1.29, 1.82) is 0 Å². The minimum absolute atomic E-state index is 0.822. The van der Waals surface area contributed by atoms with Gasteiger partial charge < -0.3 is 9.64 Å². The van der Waals surface area contributed by atoms with Crippen molar-refractivity contribution in [2.24, 2.45) is 5.92 Å². The van der Waals surface area contributed by atoms with Crippen molar-refractivity contribution in [3.8, 4) is 5.75 Å². The van der Waals surface area contributed by atoms with Crippen LogP contribution >= 0.6 is 0 Å². The molecule has 1 saturated heterocycles. The minimum atomic E-state index is 0.822. The Bertz CT molecular complexity index is 375. The van der Waals surface area contributed by atoms with Crippen LogP contribution in [0.3, 0.4) is 0 Å². The normalized spacial score (nSPS) is 20.8. The molecule has 2 heteroatoms. The molecular weight excluding hydrogens is 210 g/mol. The van der Waals surface area contributed by atoms with Crippen LogP contribution in [0.5, 0.6) is 5.75 Å². The maximum absolute atomic E-state index is 5.38. The van der Waals surface area contributed by atoms with E-state index in [9.17, 15) is 0 Å². The number of methoxy groups -OCH3 is 1. The van der Waals surface area contributed by atoms with Crippen molar-refractivity contribution < 1.29 is 4.74 Å². The molecule has 1 atom stereocenters. The summed E-state index contributed by atoms with van der Waals surface area (Å²) in [5.41, 5.74) is 2.63. The number of nitrogens with zero attached hydrogens (tertiary/aromatic N) is 1. The molecule has 17 heavy (non-hydrogen) atoms. The van der Waals surface area contributed by atoms with E-state index in [0.29, 0.717) is 0 Å². The Kier molecular flexibility index (Phi) is 4.06. The van der Waals surface area contributed by atoms with Gasteiger partial charge in [-0.05, 0) is 56.0 Å². The van der Waals surface area contributed by atoms with Gasteiger partial charge in [-0.3, -0.25) is 0 Å². The first-order valence-corrected chi connectivity index (χ1v) is 6.58. The Morgan fingerprint density at radius 1 is 1.41 bits per heavy atom. The minimum Gasteiger partial charge on any atom is -0.496 e. The topological polar surface area (TPSA) is 12.5 Å². The predicted molar refractivity (Wildman–Crippen MR) is 71.7 cm³/mol. The Labute approximate surface area is 105 Å². The summed E-state index contributed by atoms with van der Waals surface area (Å²) in [6.07, 6.45) is 2.52. The highest BCUT2D eigenvalue weighted by Crippen LogP contribution is 2.24. The molecule has 1 heterocycles. The zero-order valence-corrected chi connectivity index (χ0v) is 11.2. The van der Waals surface area contributed by atoms with E-state index in [2.05, 4.69) is 36.9 Å². The van der Waals surface area contributed by atoms with Crippen LogP contribution in [-0.2, 0) is 6.42 Å². The van der Waals surface area contributed by atoms with Crippen LogP contribution in [0, 0.1) is 12.8 Å². The molecule has 0 aliphatic carbocycles. The second-order valence-electron chi connectivity index (χ2n) is 5.06. The summed E-state index contributed by atoms with van der Waals surface area (Å²) in [6.45, 7) is 8.05. The molecule has 94 valence electrons. The molecule has 1 aromatic carbocycles. The summed E-state index contributed by atoms with van der Waals surface area (Å²) < 4.78 is 5.38. The van der Waals surface area contributed by atoms with Crippen molar-refractivity contribution in [3.05, 3.63) is 29.3 Å².